The fourth-order valence-corrected chi connectivity index (χ4v) is 1.32. The standard InChI is InChI=1S/C10H9N2O2/c1-12-6-11-8-5-7(10(13)14-2)3-4-9(8)12/h3-5H,1-2H3. The van der Waals surface area contributed by atoms with Crippen LogP contribution in [0, 0.1) is 6.33 Å². The highest BCUT2D eigenvalue weighted by atomic mass is 16.5. The number of aryl methyl sites for hydroxylation is 1. The third kappa shape index (κ3) is 1.25. The lowest BCUT2D eigenvalue weighted by molar-refractivity contribution is 0.0601. The zero-order chi connectivity index (χ0) is 10.1. The Bertz CT molecular complexity index is 488. The fraction of sp³-hybridized carbons (Fsp3) is 0.200. The minimum atomic E-state index is -0.349. The van der Waals surface area contributed by atoms with Gasteiger partial charge in [0.15, 0.2) is 6.33 Å². The first-order chi connectivity index (χ1) is 6.72. The van der Waals surface area contributed by atoms with E-state index in [0.29, 0.717) is 5.56 Å². The minimum Gasteiger partial charge on any atom is -0.465 e. The van der Waals surface area contributed by atoms with Crippen LogP contribution in [0.25, 0.3) is 11.0 Å². The van der Waals surface area contributed by atoms with Gasteiger partial charge in [-0.25, -0.2) is 9.78 Å². The summed E-state index contributed by atoms with van der Waals surface area (Å²) in [5.74, 6) is -0.349. The third-order valence-corrected chi connectivity index (χ3v) is 2.08. The van der Waals surface area contributed by atoms with Crippen molar-refractivity contribution >= 4 is 17.0 Å². The number of methoxy groups -OCH3 is 1. The monoisotopic (exact) mass is 189 g/mol. The number of fused-ring (bicyclic) bond motifs is 1. The molecular weight excluding hydrogens is 180 g/mol. The Morgan fingerprint density at radius 3 is 3.07 bits per heavy atom. The Kier molecular flexibility index (Phi) is 1.96. The molecule has 0 atom stereocenters. The molecule has 0 fully saturated rings. The highest BCUT2D eigenvalue weighted by Gasteiger charge is 2.07. The molecule has 1 aromatic carbocycles. The van der Waals surface area contributed by atoms with Gasteiger partial charge in [0.05, 0.1) is 23.7 Å². The second kappa shape index (κ2) is 3.14. The molecule has 71 valence electrons. The van der Waals surface area contributed by atoms with Gasteiger partial charge >= 0.3 is 5.97 Å². The van der Waals surface area contributed by atoms with Gasteiger partial charge in [-0.3, -0.25) is 0 Å². The van der Waals surface area contributed by atoms with Crippen molar-refractivity contribution in [1.29, 1.82) is 0 Å². The summed E-state index contributed by atoms with van der Waals surface area (Å²) >= 11 is 0. The molecular formula is C10H9N2O2. The zero-order valence-electron chi connectivity index (χ0n) is 7.94. The van der Waals surface area contributed by atoms with Crippen LogP contribution < -0.4 is 0 Å². The average molecular weight is 189 g/mol. The normalized spacial score (nSPS) is 10.4. The Hall–Kier alpha value is -1.84. The number of ether oxygens (including phenoxy) is 1. The molecule has 4 heteroatoms. The first-order valence-electron chi connectivity index (χ1n) is 4.15. The molecule has 0 aliphatic carbocycles. The predicted octanol–water partition coefficient (Wildman–Crippen LogP) is 1.16. The van der Waals surface area contributed by atoms with Gasteiger partial charge in [-0.05, 0) is 18.2 Å². The number of carbonyl (C=O) groups excluding carboxylic acids is 1. The number of carbonyl (C=O) groups is 1. The lowest BCUT2D eigenvalue weighted by Crippen LogP contribution is -2.00. The van der Waals surface area contributed by atoms with Crippen molar-refractivity contribution in [1.82, 2.24) is 9.55 Å². The van der Waals surface area contributed by atoms with Crippen LogP contribution in [0.2, 0.25) is 0 Å². The minimum absolute atomic E-state index is 0.349. The zero-order valence-corrected chi connectivity index (χ0v) is 7.94. The van der Waals surface area contributed by atoms with Crippen molar-refractivity contribution < 1.29 is 9.53 Å². The summed E-state index contributed by atoms with van der Waals surface area (Å²) in [6, 6.07) is 5.23. The number of nitrogens with zero attached hydrogens (tertiary/aromatic N) is 2. The van der Waals surface area contributed by atoms with E-state index in [-0.39, 0.29) is 5.97 Å². The van der Waals surface area contributed by atoms with E-state index in [0.717, 1.165) is 11.0 Å². The van der Waals surface area contributed by atoms with Crippen LogP contribution >= 0.6 is 0 Å². The molecule has 0 N–H and O–H groups in total. The van der Waals surface area contributed by atoms with Crippen molar-refractivity contribution in [3.63, 3.8) is 0 Å². The van der Waals surface area contributed by atoms with Gasteiger partial charge in [0, 0.05) is 7.05 Å². The largest absolute Gasteiger partial charge is 0.465 e. The van der Waals surface area contributed by atoms with Crippen LogP contribution in [0.3, 0.4) is 0 Å². The topological polar surface area (TPSA) is 44.1 Å². The van der Waals surface area contributed by atoms with Gasteiger partial charge in [-0.15, -0.1) is 0 Å². The summed E-state index contributed by atoms with van der Waals surface area (Å²) in [5, 5.41) is 0. The van der Waals surface area contributed by atoms with E-state index in [1.165, 1.54) is 7.11 Å². The molecule has 0 aliphatic rings. The summed E-state index contributed by atoms with van der Waals surface area (Å²) in [5.41, 5.74) is 2.19. The molecule has 0 spiro atoms. The molecule has 1 aromatic heterocycles. The van der Waals surface area contributed by atoms with Gasteiger partial charge in [-0.2, -0.15) is 0 Å². The molecule has 14 heavy (non-hydrogen) atoms. The Balaban J connectivity index is 2.57. The molecule has 1 heterocycles. The van der Waals surface area contributed by atoms with Crippen LogP contribution in [0.4, 0.5) is 0 Å². The summed E-state index contributed by atoms with van der Waals surface area (Å²) in [4.78, 5) is 15.2. The van der Waals surface area contributed by atoms with E-state index in [1.54, 1.807) is 16.7 Å². The van der Waals surface area contributed by atoms with E-state index < -0.39 is 0 Å². The van der Waals surface area contributed by atoms with Crippen molar-refractivity contribution in [2.75, 3.05) is 7.11 Å². The molecule has 2 rings (SSSR count). The lowest BCUT2D eigenvalue weighted by Gasteiger charge is -1.98. The number of hydrogen-bond donors (Lipinski definition) is 0. The Labute approximate surface area is 81.1 Å². The molecule has 0 unspecified atom stereocenters. The number of imidazole rings is 1. The Morgan fingerprint density at radius 1 is 1.57 bits per heavy atom. The molecule has 4 nitrogen and oxygen atoms in total. The van der Waals surface area contributed by atoms with Crippen LogP contribution in [-0.2, 0) is 11.8 Å². The maximum atomic E-state index is 11.2. The maximum absolute atomic E-state index is 11.2. The van der Waals surface area contributed by atoms with Crippen molar-refractivity contribution in [2.24, 2.45) is 7.05 Å². The van der Waals surface area contributed by atoms with Gasteiger partial charge < -0.3 is 9.30 Å². The predicted molar refractivity (Wildman–Crippen MR) is 50.9 cm³/mol. The van der Waals surface area contributed by atoms with Crippen LogP contribution in [0.1, 0.15) is 10.4 Å². The van der Waals surface area contributed by atoms with Gasteiger partial charge in [0.1, 0.15) is 0 Å². The fourth-order valence-electron chi connectivity index (χ4n) is 1.32. The third-order valence-electron chi connectivity index (χ3n) is 2.08. The number of hydrogen-bond acceptors (Lipinski definition) is 3. The highest BCUT2D eigenvalue weighted by molar-refractivity contribution is 5.93. The molecule has 2 aromatic rings. The number of esters is 1. The molecule has 0 aliphatic heterocycles. The van der Waals surface area contributed by atoms with Crippen molar-refractivity contribution in [3.05, 3.63) is 30.1 Å². The quantitative estimate of drug-likeness (QED) is 0.632. The van der Waals surface area contributed by atoms with Crippen molar-refractivity contribution in [3.8, 4) is 0 Å². The molecule has 0 amide bonds. The number of rotatable bonds is 1. The molecule has 0 saturated heterocycles. The SMILES string of the molecule is COC(=O)c1ccc2c(c1)n[c]n2C. The number of benzene rings is 1. The second-order valence-corrected chi connectivity index (χ2v) is 2.97. The van der Waals surface area contributed by atoms with E-state index >= 15 is 0 Å². The van der Waals surface area contributed by atoms with Crippen LogP contribution in [-0.4, -0.2) is 22.6 Å². The van der Waals surface area contributed by atoms with Crippen molar-refractivity contribution in [2.45, 2.75) is 0 Å². The number of aromatic nitrogens is 2. The summed E-state index contributed by atoms with van der Waals surface area (Å²) in [6.45, 7) is 0. The smallest absolute Gasteiger partial charge is 0.337 e. The summed E-state index contributed by atoms with van der Waals surface area (Å²) in [7, 11) is 3.21. The summed E-state index contributed by atoms with van der Waals surface area (Å²) in [6.07, 6.45) is 2.78. The van der Waals surface area contributed by atoms with E-state index in [2.05, 4.69) is 16.0 Å². The first kappa shape index (κ1) is 8.74. The second-order valence-electron chi connectivity index (χ2n) is 2.97. The molecule has 0 bridgehead atoms. The highest BCUT2D eigenvalue weighted by Crippen LogP contribution is 2.13. The average Bonchev–Trinajstić information content (AvgIpc) is 2.59. The van der Waals surface area contributed by atoms with Gasteiger partial charge in [0.25, 0.3) is 0 Å². The first-order valence-corrected chi connectivity index (χ1v) is 4.15. The van der Waals surface area contributed by atoms with E-state index in [9.17, 15) is 4.79 Å². The van der Waals surface area contributed by atoms with Crippen LogP contribution in [0.5, 0.6) is 0 Å². The van der Waals surface area contributed by atoms with E-state index in [1.807, 2.05) is 13.1 Å². The van der Waals surface area contributed by atoms with E-state index in [4.69, 9.17) is 0 Å². The lowest BCUT2D eigenvalue weighted by atomic mass is 10.2. The summed E-state index contributed by atoms with van der Waals surface area (Å²) < 4.78 is 6.38. The van der Waals surface area contributed by atoms with Gasteiger partial charge in [0.2, 0.25) is 0 Å². The van der Waals surface area contributed by atoms with Crippen LogP contribution in [0.15, 0.2) is 18.2 Å². The molecule has 1 radical (unpaired) electrons. The molecule has 0 saturated carbocycles. The van der Waals surface area contributed by atoms with Gasteiger partial charge in [-0.1, -0.05) is 0 Å². The maximum Gasteiger partial charge on any atom is 0.337 e. The Morgan fingerprint density at radius 2 is 2.36 bits per heavy atom.